The maximum atomic E-state index is 12.1. The first kappa shape index (κ1) is 15.4. The van der Waals surface area contributed by atoms with E-state index in [9.17, 15) is 8.42 Å². The Morgan fingerprint density at radius 2 is 2.11 bits per heavy atom. The summed E-state index contributed by atoms with van der Waals surface area (Å²) in [6.07, 6.45) is 0. The molecule has 0 heterocycles. The second-order valence-electron chi connectivity index (χ2n) is 4.03. The van der Waals surface area contributed by atoms with Crippen molar-refractivity contribution in [3.63, 3.8) is 0 Å². The molecule has 0 aliphatic heterocycles. The van der Waals surface area contributed by atoms with Crippen LogP contribution in [0.4, 0.5) is 0 Å². The number of halogens is 1. The van der Waals surface area contributed by atoms with Gasteiger partial charge in [-0.3, -0.25) is 0 Å². The predicted octanol–water partition coefficient (Wildman–Crippen LogP) is 1.70. The molecular formula is C11H15ClN2O2S2. The molecule has 2 N–H and O–H groups in total. The summed E-state index contributed by atoms with van der Waals surface area (Å²) in [7, 11) is -2.02. The van der Waals surface area contributed by atoms with E-state index in [1.807, 2.05) is 13.0 Å². The molecule has 0 atom stereocenters. The van der Waals surface area contributed by atoms with Gasteiger partial charge < -0.3 is 5.73 Å². The van der Waals surface area contributed by atoms with Gasteiger partial charge in [-0.2, -0.15) is 4.31 Å². The van der Waals surface area contributed by atoms with Crippen molar-refractivity contribution in [2.45, 2.75) is 12.7 Å². The molecule has 1 aromatic rings. The van der Waals surface area contributed by atoms with E-state index in [1.54, 1.807) is 12.1 Å². The first-order chi connectivity index (χ1) is 8.24. The van der Waals surface area contributed by atoms with Crippen molar-refractivity contribution in [2.24, 2.45) is 5.73 Å². The highest BCUT2D eigenvalue weighted by molar-refractivity contribution is 7.88. The highest BCUT2D eigenvalue weighted by Crippen LogP contribution is 2.22. The molecule has 1 rings (SSSR count). The van der Waals surface area contributed by atoms with Crippen LogP contribution >= 0.6 is 23.8 Å². The maximum Gasteiger partial charge on any atom is 0.218 e. The molecule has 0 radical (unpaired) electrons. The fourth-order valence-electron chi connectivity index (χ4n) is 1.44. The summed E-state index contributed by atoms with van der Waals surface area (Å²) in [5.74, 6) is -0.160. The van der Waals surface area contributed by atoms with Gasteiger partial charge in [-0.25, -0.2) is 8.42 Å². The van der Waals surface area contributed by atoms with Crippen molar-refractivity contribution < 1.29 is 8.42 Å². The van der Waals surface area contributed by atoms with Crippen molar-refractivity contribution in [2.75, 3.05) is 13.6 Å². The number of hydrogen-bond acceptors (Lipinski definition) is 3. The molecule has 0 bridgehead atoms. The van der Waals surface area contributed by atoms with Gasteiger partial charge in [0.05, 0.1) is 17.3 Å². The molecule has 1 aromatic carbocycles. The fraction of sp³-hybridized carbons (Fsp3) is 0.364. The van der Waals surface area contributed by atoms with E-state index in [2.05, 4.69) is 0 Å². The largest absolute Gasteiger partial charge is 0.392 e. The van der Waals surface area contributed by atoms with Gasteiger partial charge in [-0.1, -0.05) is 42.0 Å². The quantitative estimate of drug-likeness (QED) is 0.841. The van der Waals surface area contributed by atoms with Crippen molar-refractivity contribution in [3.05, 3.63) is 34.3 Å². The second kappa shape index (κ2) is 5.97. The molecule has 0 aromatic heterocycles. The molecule has 4 nitrogen and oxygen atoms in total. The van der Waals surface area contributed by atoms with E-state index in [0.29, 0.717) is 10.6 Å². The van der Waals surface area contributed by atoms with Crippen molar-refractivity contribution in [3.8, 4) is 0 Å². The normalized spacial score (nSPS) is 11.8. The number of thiocarbonyl (C=S) groups is 1. The van der Waals surface area contributed by atoms with Crippen molar-refractivity contribution in [1.29, 1.82) is 0 Å². The number of benzene rings is 1. The van der Waals surface area contributed by atoms with Gasteiger partial charge in [0, 0.05) is 12.1 Å². The number of likely N-dealkylation sites (N-methyl/N-ethyl adjacent to an activating group) is 1. The third kappa shape index (κ3) is 3.91. The summed E-state index contributed by atoms with van der Waals surface area (Å²) in [4.78, 5) is 0.136. The van der Waals surface area contributed by atoms with Gasteiger partial charge in [-0.05, 0) is 18.1 Å². The summed E-state index contributed by atoms with van der Waals surface area (Å²) in [5, 5.41) is 0.477. The zero-order valence-electron chi connectivity index (χ0n) is 10.2. The molecule has 0 aliphatic carbocycles. The van der Waals surface area contributed by atoms with E-state index in [1.165, 1.54) is 7.05 Å². The van der Waals surface area contributed by atoms with Crippen LogP contribution in [0.2, 0.25) is 5.02 Å². The van der Waals surface area contributed by atoms with E-state index in [0.717, 1.165) is 9.87 Å². The van der Waals surface area contributed by atoms with Crippen molar-refractivity contribution >= 4 is 38.8 Å². The maximum absolute atomic E-state index is 12.1. The standard InChI is InChI=1S/C11H15ClN2O2S2/c1-8-4-3-5-9(11(8)12)7-18(15,16)14(2)6-10(13)17/h3-5H,6-7H2,1-2H3,(H2,13,17). The second-order valence-corrected chi connectivity index (χ2v) is 7.00. The number of nitrogens with zero attached hydrogens (tertiary/aromatic N) is 1. The molecule has 0 unspecified atom stereocenters. The number of rotatable bonds is 5. The van der Waals surface area contributed by atoms with Gasteiger partial charge >= 0.3 is 0 Å². The van der Waals surface area contributed by atoms with Crippen LogP contribution in [-0.2, 0) is 15.8 Å². The first-order valence-electron chi connectivity index (χ1n) is 5.20. The molecule has 100 valence electrons. The number of sulfonamides is 1. The van der Waals surface area contributed by atoms with Crippen molar-refractivity contribution in [1.82, 2.24) is 4.31 Å². The zero-order valence-corrected chi connectivity index (χ0v) is 12.6. The minimum absolute atomic E-state index is 0.0289. The van der Waals surface area contributed by atoms with Crippen LogP contribution in [0.15, 0.2) is 18.2 Å². The fourth-order valence-corrected chi connectivity index (χ4v) is 3.18. The Morgan fingerprint density at radius 3 is 2.67 bits per heavy atom. The Morgan fingerprint density at radius 1 is 1.50 bits per heavy atom. The predicted molar refractivity (Wildman–Crippen MR) is 78.2 cm³/mol. The number of hydrogen-bond donors (Lipinski definition) is 1. The number of aryl methyl sites for hydroxylation is 1. The van der Waals surface area contributed by atoms with Gasteiger partial charge in [0.2, 0.25) is 10.0 Å². The summed E-state index contributed by atoms with van der Waals surface area (Å²) in [6, 6.07) is 5.30. The van der Waals surface area contributed by atoms with Crippen LogP contribution in [-0.4, -0.2) is 31.3 Å². The van der Waals surface area contributed by atoms with Crippen LogP contribution in [0.3, 0.4) is 0 Å². The van der Waals surface area contributed by atoms with Gasteiger partial charge in [-0.15, -0.1) is 0 Å². The van der Waals surface area contributed by atoms with Crippen LogP contribution in [0, 0.1) is 6.92 Å². The highest BCUT2D eigenvalue weighted by Gasteiger charge is 2.20. The molecule has 0 saturated heterocycles. The molecular weight excluding hydrogens is 292 g/mol. The molecule has 0 saturated carbocycles. The van der Waals surface area contributed by atoms with Crippen LogP contribution in [0.1, 0.15) is 11.1 Å². The molecule has 0 spiro atoms. The number of nitrogens with two attached hydrogens (primary N) is 1. The van der Waals surface area contributed by atoms with Gasteiger partial charge in [0.1, 0.15) is 0 Å². The summed E-state index contributed by atoms with van der Waals surface area (Å²) in [5.41, 5.74) is 6.76. The van der Waals surface area contributed by atoms with Crippen LogP contribution in [0.5, 0.6) is 0 Å². The third-order valence-corrected chi connectivity index (χ3v) is 4.89. The Labute approximate surface area is 118 Å². The van der Waals surface area contributed by atoms with E-state index in [-0.39, 0.29) is 17.3 Å². The van der Waals surface area contributed by atoms with E-state index >= 15 is 0 Å². The highest BCUT2D eigenvalue weighted by atomic mass is 35.5. The van der Waals surface area contributed by atoms with Gasteiger partial charge in [0.15, 0.2) is 0 Å². The zero-order chi connectivity index (χ0) is 13.9. The lowest BCUT2D eigenvalue weighted by molar-refractivity contribution is 0.505. The van der Waals surface area contributed by atoms with E-state index < -0.39 is 10.0 Å². The summed E-state index contributed by atoms with van der Waals surface area (Å²) < 4.78 is 25.2. The lowest BCUT2D eigenvalue weighted by Crippen LogP contribution is -2.35. The Kier molecular flexibility index (Phi) is 5.10. The Hall–Kier alpha value is -0.690. The minimum atomic E-state index is -3.47. The third-order valence-electron chi connectivity index (χ3n) is 2.46. The van der Waals surface area contributed by atoms with Crippen LogP contribution in [0.25, 0.3) is 0 Å². The Balaban J connectivity index is 2.96. The molecule has 0 aliphatic rings. The van der Waals surface area contributed by atoms with E-state index in [4.69, 9.17) is 29.6 Å². The van der Waals surface area contributed by atoms with Crippen LogP contribution < -0.4 is 5.73 Å². The minimum Gasteiger partial charge on any atom is -0.392 e. The summed E-state index contributed by atoms with van der Waals surface area (Å²) in [6.45, 7) is 1.86. The SMILES string of the molecule is Cc1cccc(CS(=O)(=O)N(C)CC(N)=S)c1Cl. The molecule has 0 amide bonds. The average Bonchev–Trinajstić information content (AvgIpc) is 2.23. The topological polar surface area (TPSA) is 63.4 Å². The average molecular weight is 307 g/mol. The molecule has 7 heteroatoms. The first-order valence-corrected chi connectivity index (χ1v) is 7.60. The smallest absolute Gasteiger partial charge is 0.218 e. The van der Waals surface area contributed by atoms with Gasteiger partial charge in [0.25, 0.3) is 0 Å². The Bertz CT molecular complexity index is 558. The monoisotopic (exact) mass is 306 g/mol. The lowest BCUT2D eigenvalue weighted by atomic mass is 10.2. The molecule has 18 heavy (non-hydrogen) atoms. The molecule has 0 fully saturated rings. The lowest BCUT2D eigenvalue weighted by Gasteiger charge is -2.17. The summed E-state index contributed by atoms with van der Waals surface area (Å²) >= 11 is 10.8.